The second-order valence-electron chi connectivity index (χ2n) is 6.62. The van der Waals surface area contributed by atoms with E-state index >= 15 is 0 Å². The van der Waals surface area contributed by atoms with E-state index in [0.29, 0.717) is 28.4 Å². The van der Waals surface area contributed by atoms with Gasteiger partial charge in [0, 0.05) is 16.8 Å². The Bertz CT molecular complexity index is 1220. The Balaban J connectivity index is 1.70. The zero-order chi connectivity index (χ0) is 23.1. The molecule has 0 spiro atoms. The van der Waals surface area contributed by atoms with Crippen LogP contribution in [-0.2, 0) is 10.0 Å². The summed E-state index contributed by atoms with van der Waals surface area (Å²) < 4.78 is 38.3. The molecule has 0 fully saturated rings. The van der Waals surface area contributed by atoms with Crippen molar-refractivity contribution in [1.29, 1.82) is 0 Å². The molecule has 0 saturated carbocycles. The molecule has 3 aromatic rings. The minimum atomic E-state index is -3.90. The first-order chi connectivity index (χ1) is 15.3. The van der Waals surface area contributed by atoms with Crippen LogP contribution < -0.4 is 25.0 Å². The van der Waals surface area contributed by atoms with Crippen LogP contribution in [0.4, 0.5) is 5.69 Å². The standard InChI is InChI=1S/C23H23N3O5S/c1-16(21-9-4-5-10-22(21)31-3)24-25-23(27)17-7-6-8-20(15-17)32(28,29)26-18-11-13-19(30-2)14-12-18/h4-15,24,26H,1H2,2-3H3,(H,25,27). The number of para-hydroxylation sites is 1. The van der Waals surface area contributed by atoms with Crippen LogP contribution in [0, 0.1) is 0 Å². The molecule has 0 bridgehead atoms. The van der Waals surface area contributed by atoms with Gasteiger partial charge in [-0.05, 0) is 54.6 Å². The van der Waals surface area contributed by atoms with E-state index in [0.717, 1.165) is 0 Å². The SMILES string of the molecule is C=C(NNC(=O)c1cccc(S(=O)(=O)Nc2ccc(OC)cc2)c1)c1ccccc1OC. The van der Waals surface area contributed by atoms with Crippen LogP contribution >= 0.6 is 0 Å². The fourth-order valence-corrected chi connectivity index (χ4v) is 3.95. The highest BCUT2D eigenvalue weighted by atomic mass is 32.2. The van der Waals surface area contributed by atoms with Crippen LogP contribution in [0.15, 0.2) is 84.3 Å². The van der Waals surface area contributed by atoms with Gasteiger partial charge < -0.3 is 9.47 Å². The summed E-state index contributed by atoms with van der Waals surface area (Å²) >= 11 is 0. The zero-order valence-corrected chi connectivity index (χ0v) is 18.4. The van der Waals surface area contributed by atoms with Gasteiger partial charge >= 0.3 is 0 Å². The highest BCUT2D eigenvalue weighted by molar-refractivity contribution is 7.92. The number of methoxy groups -OCH3 is 2. The predicted molar refractivity (Wildman–Crippen MR) is 123 cm³/mol. The molecule has 0 heterocycles. The lowest BCUT2D eigenvalue weighted by molar-refractivity contribution is 0.0942. The van der Waals surface area contributed by atoms with Gasteiger partial charge in [0.1, 0.15) is 11.5 Å². The van der Waals surface area contributed by atoms with Crippen molar-refractivity contribution in [2.75, 3.05) is 18.9 Å². The number of carbonyl (C=O) groups excluding carboxylic acids is 1. The maximum Gasteiger partial charge on any atom is 0.269 e. The van der Waals surface area contributed by atoms with Crippen LogP contribution in [0.2, 0.25) is 0 Å². The first-order valence-electron chi connectivity index (χ1n) is 9.49. The van der Waals surface area contributed by atoms with E-state index < -0.39 is 15.9 Å². The lowest BCUT2D eigenvalue weighted by atomic mass is 10.1. The number of hydrazine groups is 1. The average molecular weight is 454 g/mol. The Kier molecular flexibility index (Phi) is 7.01. The van der Waals surface area contributed by atoms with Gasteiger partial charge in [0.05, 0.1) is 24.8 Å². The Morgan fingerprint density at radius 3 is 2.28 bits per heavy atom. The molecule has 0 aliphatic heterocycles. The van der Waals surface area contributed by atoms with Crippen LogP contribution in [0.5, 0.6) is 11.5 Å². The van der Waals surface area contributed by atoms with Crippen molar-refractivity contribution in [1.82, 2.24) is 10.9 Å². The molecule has 0 aliphatic carbocycles. The number of hydrogen-bond donors (Lipinski definition) is 3. The Morgan fingerprint density at radius 1 is 0.875 bits per heavy atom. The van der Waals surface area contributed by atoms with Gasteiger partial charge in [-0.15, -0.1) is 0 Å². The Labute approximate surface area is 186 Å². The molecule has 1 amide bonds. The highest BCUT2D eigenvalue weighted by Gasteiger charge is 2.17. The third-order valence-electron chi connectivity index (χ3n) is 4.51. The van der Waals surface area contributed by atoms with Crippen molar-refractivity contribution < 1.29 is 22.7 Å². The average Bonchev–Trinajstić information content (AvgIpc) is 2.82. The summed E-state index contributed by atoms with van der Waals surface area (Å²) in [6, 6.07) is 19.3. The van der Waals surface area contributed by atoms with Gasteiger partial charge in [-0.25, -0.2) is 8.42 Å². The molecule has 32 heavy (non-hydrogen) atoms. The normalized spacial score (nSPS) is 10.7. The first kappa shape index (κ1) is 22.7. The molecule has 9 heteroatoms. The van der Waals surface area contributed by atoms with Gasteiger partial charge in [0.15, 0.2) is 0 Å². The van der Waals surface area contributed by atoms with E-state index in [9.17, 15) is 13.2 Å². The highest BCUT2D eigenvalue weighted by Crippen LogP contribution is 2.23. The molecule has 0 atom stereocenters. The van der Waals surface area contributed by atoms with Crippen molar-refractivity contribution >= 4 is 27.3 Å². The van der Waals surface area contributed by atoms with Gasteiger partial charge in [0.25, 0.3) is 15.9 Å². The second kappa shape index (κ2) is 9.88. The van der Waals surface area contributed by atoms with Crippen LogP contribution in [0.3, 0.4) is 0 Å². The van der Waals surface area contributed by atoms with E-state index in [1.165, 1.54) is 38.5 Å². The monoisotopic (exact) mass is 453 g/mol. The van der Waals surface area contributed by atoms with E-state index in [1.807, 2.05) is 12.1 Å². The number of hydrogen-bond acceptors (Lipinski definition) is 6. The van der Waals surface area contributed by atoms with Gasteiger partial charge in [-0.1, -0.05) is 24.8 Å². The molecule has 8 nitrogen and oxygen atoms in total. The van der Waals surface area contributed by atoms with Gasteiger partial charge in [0.2, 0.25) is 0 Å². The fourth-order valence-electron chi connectivity index (χ4n) is 2.84. The minimum absolute atomic E-state index is 0.0514. The smallest absolute Gasteiger partial charge is 0.269 e. The third kappa shape index (κ3) is 5.38. The number of nitrogens with one attached hydrogen (secondary N) is 3. The third-order valence-corrected chi connectivity index (χ3v) is 5.89. The second-order valence-corrected chi connectivity index (χ2v) is 8.30. The van der Waals surface area contributed by atoms with Gasteiger partial charge in [-0.3, -0.25) is 20.4 Å². The molecule has 3 rings (SSSR count). The molecule has 0 aromatic heterocycles. The summed E-state index contributed by atoms with van der Waals surface area (Å²) in [5.74, 6) is 0.674. The topological polar surface area (TPSA) is 106 Å². The van der Waals surface area contributed by atoms with Crippen molar-refractivity contribution in [2.45, 2.75) is 4.90 Å². The summed E-state index contributed by atoms with van der Waals surface area (Å²) in [5.41, 5.74) is 6.87. The lowest BCUT2D eigenvalue weighted by Gasteiger charge is -2.14. The number of ether oxygens (including phenoxy) is 2. The molecule has 3 N–H and O–H groups in total. The number of anilines is 1. The van der Waals surface area contributed by atoms with Crippen molar-refractivity contribution in [3.8, 4) is 11.5 Å². The zero-order valence-electron chi connectivity index (χ0n) is 17.6. The Hall–Kier alpha value is -3.98. The van der Waals surface area contributed by atoms with E-state index in [4.69, 9.17) is 9.47 Å². The molecule has 0 aliphatic rings. The number of carbonyl (C=O) groups is 1. The first-order valence-corrected chi connectivity index (χ1v) is 11.0. The van der Waals surface area contributed by atoms with E-state index in [1.54, 1.807) is 36.4 Å². The Morgan fingerprint density at radius 2 is 1.59 bits per heavy atom. The van der Waals surface area contributed by atoms with Gasteiger partial charge in [-0.2, -0.15) is 0 Å². The molecule has 3 aromatic carbocycles. The number of rotatable bonds is 9. The minimum Gasteiger partial charge on any atom is -0.497 e. The summed E-state index contributed by atoms with van der Waals surface area (Å²) in [6.45, 7) is 3.89. The molecule has 0 radical (unpaired) electrons. The largest absolute Gasteiger partial charge is 0.497 e. The van der Waals surface area contributed by atoms with Crippen LogP contribution in [-0.4, -0.2) is 28.5 Å². The molecular weight excluding hydrogens is 430 g/mol. The van der Waals surface area contributed by atoms with E-state index in [2.05, 4.69) is 22.2 Å². The maximum atomic E-state index is 12.7. The molecule has 0 saturated heterocycles. The summed E-state index contributed by atoms with van der Waals surface area (Å²) in [7, 11) is -0.835. The fraction of sp³-hybridized carbons (Fsp3) is 0.0870. The molecule has 166 valence electrons. The predicted octanol–water partition coefficient (Wildman–Crippen LogP) is 3.41. The molecule has 0 unspecified atom stereocenters. The van der Waals surface area contributed by atoms with E-state index in [-0.39, 0.29) is 10.5 Å². The summed E-state index contributed by atoms with van der Waals surface area (Å²) in [5, 5.41) is 0. The van der Waals surface area contributed by atoms with Crippen molar-refractivity contribution in [2.24, 2.45) is 0 Å². The maximum absolute atomic E-state index is 12.7. The molecular formula is C23H23N3O5S. The quantitative estimate of drug-likeness (QED) is 0.429. The van der Waals surface area contributed by atoms with Crippen molar-refractivity contribution in [3.63, 3.8) is 0 Å². The number of sulfonamides is 1. The van der Waals surface area contributed by atoms with Crippen LogP contribution in [0.1, 0.15) is 15.9 Å². The summed E-state index contributed by atoms with van der Waals surface area (Å²) in [4.78, 5) is 12.5. The van der Waals surface area contributed by atoms with Crippen LogP contribution in [0.25, 0.3) is 5.70 Å². The summed E-state index contributed by atoms with van der Waals surface area (Å²) in [6.07, 6.45) is 0. The number of amides is 1. The lowest BCUT2D eigenvalue weighted by Crippen LogP contribution is -2.36. The number of benzene rings is 3. The van der Waals surface area contributed by atoms with Crippen molar-refractivity contribution in [3.05, 3.63) is 90.5 Å².